The molecule has 0 fully saturated rings. The van der Waals surface area contributed by atoms with Gasteiger partial charge in [-0.05, 0) is 42.8 Å². The van der Waals surface area contributed by atoms with Crippen molar-refractivity contribution in [3.05, 3.63) is 69.4 Å². The fraction of sp³-hybridized carbons (Fsp3) is 0.105. The number of amides is 1. The SMILES string of the molecule is Cc1ccc(Cl)cc1NC(=O)Cn1[nH]c2c(cnc3ccc(F)cc32)c1=O. The Hall–Kier alpha value is -3.19. The summed E-state index contributed by atoms with van der Waals surface area (Å²) < 4.78 is 14.8. The van der Waals surface area contributed by atoms with Crippen LogP contribution in [0, 0.1) is 12.7 Å². The number of aromatic amines is 1. The van der Waals surface area contributed by atoms with Crippen LogP contribution in [0.5, 0.6) is 0 Å². The van der Waals surface area contributed by atoms with Crippen LogP contribution in [-0.2, 0) is 11.3 Å². The third-order valence-electron chi connectivity index (χ3n) is 4.33. The molecule has 8 heteroatoms. The second-order valence-corrected chi connectivity index (χ2v) is 6.66. The molecule has 0 spiro atoms. The van der Waals surface area contributed by atoms with Gasteiger partial charge in [-0.1, -0.05) is 17.7 Å². The van der Waals surface area contributed by atoms with Gasteiger partial charge in [-0.25, -0.2) is 9.07 Å². The molecule has 0 atom stereocenters. The van der Waals surface area contributed by atoms with Gasteiger partial charge >= 0.3 is 0 Å². The van der Waals surface area contributed by atoms with Crippen LogP contribution >= 0.6 is 11.6 Å². The maximum absolute atomic E-state index is 13.6. The van der Waals surface area contributed by atoms with E-state index in [4.69, 9.17) is 11.6 Å². The van der Waals surface area contributed by atoms with Crippen LogP contribution < -0.4 is 10.9 Å². The Labute approximate surface area is 157 Å². The van der Waals surface area contributed by atoms with Gasteiger partial charge in [0.15, 0.2) is 0 Å². The Kier molecular flexibility index (Phi) is 4.16. The Morgan fingerprint density at radius 2 is 2.07 bits per heavy atom. The first-order valence-corrected chi connectivity index (χ1v) is 8.53. The van der Waals surface area contributed by atoms with Gasteiger partial charge in [0.2, 0.25) is 5.91 Å². The van der Waals surface area contributed by atoms with E-state index in [0.29, 0.717) is 32.5 Å². The average molecular weight is 385 g/mol. The smallest absolute Gasteiger partial charge is 0.276 e. The summed E-state index contributed by atoms with van der Waals surface area (Å²) >= 11 is 5.96. The molecule has 0 aliphatic carbocycles. The number of H-pyrrole nitrogens is 1. The molecule has 0 saturated heterocycles. The molecular weight excluding hydrogens is 371 g/mol. The van der Waals surface area contributed by atoms with E-state index < -0.39 is 17.3 Å². The first-order valence-electron chi connectivity index (χ1n) is 8.15. The highest BCUT2D eigenvalue weighted by Crippen LogP contribution is 2.22. The number of fused-ring (bicyclic) bond motifs is 3. The third-order valence-corrected chi connectivity index (χ3v) is 4.56. The van der Waals surface area contributed by atoms with Crippen molar-refractivity contribution in [3.8, 4) is 0 Å². The number of carbonyl (C=O) groups excluding carboxylic acids is 1. The van der Waals surface area contributed by atoms with Crippen molar-refractivity contribution in [2.75, 3.05) is 5.32 Å². The summed E-state index contributed by atoms with van der Waals surface area (Å²) in [7, 11) is 0. The van der Waals surface area contributed by atoms with Crippen molar-refractivity contribution >= 4 is 45.0 Å². The molecule has 4 aromatic rings. The van der Waals surface area contributed by atoms with Gasteiger partial charge in [-0.3, -0.25) is 19.7 Å². The van der Waals surface area contributed by atoms with Crippen LogP contribution in [0.25, 0.3) is 21.8 Å². The molecule has 4 rings (SSSR count). The lowest BCUT2D eigenvalue weighted by Crippen LogP contribution is -2.26. The highest BCUT2D eigenvalue weighted by molar-refractivity contribution is 6.31. The molecule has 2 N–H and O–H groups in total. The van der Waals surface area contributed by atoms with E-state index in [-0.39, 0.29) is 6.54 Å². The van der Waals surface area contributed by atoms with Crippen LogP contribution in [0.4, 0.5) is 10.1 Å². The summed E-state index contributed by atoms with van der Waals surface area (Å²) in [6, 6.07) is 9.31. The molecule has 6 nitrogen and oxygen atoms in total. The molecule has 0 radical (unpaired) electrons. The third kappa shape index (κ3) is 3.17. The number of hydrogen-bond acceptors (Lipinski definition) is 3. The highest BCUT2D eigenvalue weighted by atomic mass is 35.5. The largest absolute Gasteiger partial charge is 0.324 e. The second-order valence-electron chi connectivity index (χ2n) is 6.22. The zero-order chi connectivity index (χ0) is 19.1. The molecule has 0 aliphatic rings. The Morgan fingerprint density at radius 3 is 2.89 bits per heavy atom. The highest BCUT2D eigenvalue weighted by Gasteiger charge is 2.14. The first-order chi connectivity index (χ1) is 12.9. The minimum absolute atomic E-state index is 0.226. The van der Waals surface area contributed by atoms with E-state index >= 15 is 0 Å². The molecule has 0 unspecified atom stereocenters. The van der Waals surface area contributed by atoms with Crippen molar-refractivity contribution in [1.29, 1.82) is 0 Å². The lowest BCUT2D eigenvalue weighted by Gasteiger charge is -2.09. The van der Waals surface area contributed by atoms with Crippen LogP contribution in [0.1, 0.15) is 5.56 Å². The molecule has 2 aromatic carbocycles. The van der Waals surface area contributed by atoms with Crippen molar-refractivity contribution in [2.24, 2.45) is 0 Å². The molecule has 136 valence electrons. The van der Waals surface area contributed by atoms with Crippen LogP contribution in [0.15, 0.2) is 47.4 Å². The second kappa shape index (κ2) is 6.51. The molecule has 1 amide bonds. The van der Waals surface area contributed by atoms with E-state index in [1.54, 1.807) is 18.2 Å². The van der Waals surface area contributed by atoms with Gasteiger partial charge in [0.25, 0.3) is 5.56 Å². The molecular formula is C19H14ClFN4O2. The molecule has 27 heavy (non-hydrogen) atoms. The lowest BCUT2D eigenvalue weighted by molar-refractivity contribution is -0.116. The van der Waals surface area contributed by atoms with Gasteiger partial charge in [-0.15, -0.1) is 0 Å². The number of benzene rings is 2. The maximum Gasteiger partial charge on any atom is 0.276 e. The number of aryl methyl sites for hydroxylation is 1. The standard InChI is InChI=1S/C19H14ClFN4O2/c1-10-2-3-11(20)6-16(10)23-17(26)9-25-19(27)14-8-22-15-5-4-12(21)7-13(15)18(14)24-25/h2-8,24H,9H2,1H3,(H,23,26). The summed E-state index contributed by atoms with van der Waals surface area (Å²) in [5.74, 6) is -0.822. The summed E-state index contributed by atoms with van der Waals surface area (Å²) in [4.78, 5) is 29.1. The van der Waals surface area contributed by atoms with Crippen LogP contribution in [-0.4, -0.2) is 20.7 Å². The van der Waals surface area contributed by atoms with E-state index in [2.05, 4.69) is 15.4 Å². The van der Waals surface area contributed by atoms with E-state index in [0.717, 1.165) is 5.56 Å². The molecule has 2 aromatic heterocycles. The van der Waals surface area contributed by atoms with Crippen molar-refractivity contribution in [1.82, 2.24) is 14.8 Å². The zero-order valence-corrected chi connectivity index (χ0v) is 15.0. The summed E-state index contributed by atoms with van der Waals surface area (Å²) in [5, 5.41) is 6.90. The van der Waals surface area contributed by atoms with Gasteiger partial charge in [0, 0.05) is 22.3 Å². The number of anilines is 1. The predicted molar refractivity (Wildman–Crippen MR) is 103 cm³/mol. The minimum Gasteiger partial charge on any atom is -0.324 e. The van der Waals surface area contributed by atoms with E-state index in [1.165, 1.54) is 29.1 Å². The number of aromatic nitrogens is 3. The topological polar surface area (TPSA) is 79.8 Å². The zero-order valence-electron chi connectivity index (χ0n) is 14.2. The fourth-order valence-corrected chi connectivity index (χ4v) is 3.12. The van der Waals surface area contributed by atoms with Gasteiger partial charge in [0.05, 0.1) is 16.4 Å². The Balaban J connectivity index is 1.69. The number of rotatable bonds is 3. The summed E-state index contributed by atoms with van der Waals surface area (Å²) in [6.07, 6.45) is 1.42. The summed E-state index contributed by atoms with van der Waals surface area (Å²) in [6.45, 7) is 1.61. The predicted octanol–water partition coefficient (Wildman–Crippen LogP) is 3.62. The van der Waals surface area contributed by atoms with E-state index in [1.807, 2.05) is 6.92 Å². The van der Waals surface area contributed by atoms with Gasteiger partial charge in [-0.2, -0.15) is 0 Å². The number of nitrogens with one attached hydrogen (secondary N) is 2. The van der Waals surface area contributed by atoms with Crippen molar-refractivity contribution in [2.45, 2.75) is 13.5 Å². The Morgan fingerprint density at radius 1 is 1.26 bits per heavy atom. The monoisotopic (exact) mass is 384 g/mol. The first kappa shape index (κ1) is 17.2. The van der Waals surface area contributed by atoms with Gasteiger partial charge in [0.1, 0.15) is 12.4 Å². The molecule has 0 aliphatic heterocycles. The normalized spacial score (nSPS) is 11.2. The number of nitrogens with zero attached hydrogens (tertiary/aromatic N) is 2. The number of pyridine rings is 1. The fourth-order valence-electron chi connectivity index (χ4n) is 2.95. The molecule has 2 heterocycles. The van der Waals surface area contributed by atoms with Crippen molar-refractivity contribution in [3.63, 3.8) is 0 Å². The number of carbonyl (C=O) groups is 1. The Bertz CT molecular complexity index is 1260. The lowest BCUT2D eigenvalue weighted by atomic mass is 10.2. The number of hydrogen-bond donors (Lipinski definition) is 2. The maximum atomic E-state index is 13.6. The molecule has 0 bridgehead atoms. The van der Waals surface area contributed by atoms with Crippen molar-refractivity contribution < 1.29 is 9.18 Å². The quantitative estimate of drug-likeness (QED) is 0.566. The molecule has 0 saturated carbocycles. The average Bonchev–Trinajstić information content (AvgIpc) is 2.94. The minimum atomic E-state index is -0.431. The van der Waals surface area contributed by atoms with Gasteiger partial charge < -0.3 is 5.32 Å². The van der Waals surface area contributed by atoms with Crippen LogP contribution in [0.2, 0.25) is 5.02 Å². The van der Waals surface area contributed by atoms with E-state index in [9.17, 15) is 14.0 Å². The summed E-state index contributed by atoms with van der Waals surface area (Å²) in [5.41, 5.74) is 2.02. The van der Waals surface area contributed by atoms with Crippen LogP contribution in [0.3, 0.4) is 0 Å². The number of halogens is 2.